The lowest BCUT2D eigenvalue weighted by Gasteiger charge is -2.36. The van der Waals surface area contributed by atoms with Crippen molar-refractivity contribution in [2.45, 2.75) is 36.6 Å². The van der Waals surface area contributed by atoms with Crippen LogP contribution in [0.3, 0.4) is 0 Å². The number of aromatic nitrogens is 2. The second kappa shape index (κ2) is 5.16. The summed E-state index contributed by atoms with van der Waals surface area (Å²) in [4.78, 5) is 0.237. The van der Waals surface area contributed by atoms with Gasteiger partial charge in [0, 0.05) is 18.8 Å². The third-order valence-electron chi connectivity index (χ3n) is 3.14. The van der Waals surface area contributed by atoms with E-state index >= 15 is 0 Å². The molecule has 17 heavy (non-hydrogen) atoms. The van der Waals surface area contributed by atoms with Gasteiger partial charge in [0.15, 0.2) is 0 Å². The van der Waals surface area contributed by atoms with Crippen molar-refractivity contribution in [1.29, 1.82) is 0 Å². The van der Waals surface area contributed by atoms with E-state index in [1.807, 2.05) is 0 Å². The van der Waals surface area contributed by atoms with Crippen LogP contribution >= 0.6 is 0 Å². The number of nitrogens with one attached hydrogen (secondary N) is 1. The zero-order valence-electron chi connectivity index (χ0n) is 9.67. The Morgan fingerprint density at radius 2 is 2.29 bits per heavy atom. The van der Waals surface area contributed by atoms with E-state index in [1.165, 1.54) is 12.4 Å². The third-order valence-corrected chi connectivity index (χ3v) is 5.06. The van der Waals surface area contributed by atoms with Crippen LogP contribution < -0.4 is 5.73 Å². The summed E-state index contributed by atoms with van der Waals surface area (Å²) in [6.07, 6.45) is 6.45. The Labute approximate surface area is 101 Å². The van der Waals surface area contributed by atoms with Gasteiger partial charge in [-0.3, -0.25) is 5.10 Å². The molecule has 6 nitrogen and oxygen atoms in total. The molecule has 1 aliphatic rings. The summed E-state index contributed by atoms with van der Waals surface area (Å²) in [5.41, 5.74) is 5.46. The van der Waals surface area contributed by atoms with Crippen LogP contribution in [0.2, 0.25) is 0 Å². The minimum absolute atomic E-state index is 0.140. The quantitative estimate of drug-likeness (QED) is 0.767. The van der Waals surface area contributed by atoms with Crippen LogP contribution in [0.25, 0.3) is 0 Å². The molecule has 1 heterocycles. The SMILES string of the molecule is NCCCN(C1CCC1)S(=O)(=O)c1cn[nH]c1. The summed E-state index contributed by atoms with van der Waals surface area (Å²) in [5, 5.41) is 6.24. The molecule has 0 radical (unpaired) electrons. The predicted molar refractivity (Wildman–Crippen MR) is 63.8 cm³/mol. The Kier molecular flexibility index (Phi) is 3.80. The number of rotatable bonds is 6. The lowest BCUT2D eigenvalue weighted by Crippen LogP contribution is -2.44. The molecule has 1 saturated carbocycles. The van der Waals surface area contributed by atoms with E-state index in [0.717, 1.165) is 19.3 Å². The van der Waals surface area contributed by atoms with Gasteiger partial charge in [-0.05, 0) is 25.8 Å². The average molecular weight is 258 g/mol. The second-order valence-corrected chi connectivity index (χ2v) is 6.17. The van der Waals surface area contributed by atoms with E-state index in [0.29, 0.717) is 19.5 Å². The van der Waals surface area contributed by atoms with Gasteiger partial charge < -0.3 is 5.73 Å². The van der Waals surface area contributed by atoms with E-state index < -0.39 is 10.0 Å². The molecule has 0 spiro atoms. The Hall–Kier alpha value is -0.920. The first-order valence-corrected chi connectivity index (χ1v) is 7.31. The van der Waals surface area contributed by atoms with Crippen molar-refractivity contribution >= 4 is 10.0 Å². The zero-order chi connectivity index (χ0) is 12.3. The Morgan fingerprint density at radius 1 is 1.53 bits per heavy atom. The summed E-state index contributed by atoms with van der Waals surface area (Å²) in [7, 11) is -3.41. The molecular formula is C10H18N4O2S. The molecule has 0 amide bonds. The van der Waals surface area contributed by atoms with Gasteiger partial charge in [0.25, 0.3) is 0 Å². The number of hydrogen-bond acceptors (Lipinski definition) is 4. The number of nitrogens with zero attached hydrogens (tertiary/aromatic N) is 2. The monoisotopic (exact) mass is 258 g/mol. The lowest BCUT2D eigenvalue weighted by atomic mass is 9.93. The van der Waals surface area contributed by atoms with E-state index in [9.17, 15) is 8.42 Å². The molecule has 1 aromatic rings. The van der Waals surface area contributed by atoms with Gasteiger partial charge in [0.2, 0.25) is 10.0 Å². The standard InChI is InChI=1S/C10H18N4O2S/c11-5-2-6-14(9-3-1-4-9)17(15,16)10-7-12-13-8-10/h7-9H,1-6,11H2,(H,12,13). The minimum Gasteiger partial charge on any atom is -0.330 e. The molecule has 96 valence electrons. The maximum atomic E-state index is 12.4. The molecule has 7 heteroatoms. The van der Waals surface area contributed by atoms with Gasteiger partial charge in [-0.15, -0.1) is 0 Å². The molecule has 0 aromatic carbocycles. The second-order valence-electron chi connectivity index (χ2n) is 4.28. The summed E-state index contributed by atoms with van der Waals surface area (Å²) in [5.74, 6) is 0. The Morgan fingerprint density at radius 3 is 2.76 bits per heavy atom. The normalized spacial score (nSPS) is 17.3. The van der Waals surface area contributed by atoms with Gasteiger partial charge in [-0.1, -0.05) is 6.42 Å². The first kappa shape index (κ1) is 12.5. The van der Waals surface area contributed by atoms with Crippen LogP contribution in [0.15, 0.2) is 17.3 Å². The van der Waals surface area contributed by atoms with Gasteiger partial charge in [0.1, 0.15) is 4.90 Å². The molecule has 0 unspecified atom stereocenters. The molecule has 3 N–H and O–H groups in total. The smallest absolute Gasteiger partial charge is 0.246 e. The summed E-state index contributed by atoms with van der Waals surface area (Å²) >= 11 is 0. The number of hydrogen-bond donors (Lipinski definition) is 2. The molecule has 1 aromatic heterocycles. The Balaban J connectivity index is 2.19. The minimum atomic E-state index is -3.41. The number of nitrogens with two attached hydrogens (primary N) is 1. The topological polar surface area (TPSA) is 92.1 Å². The van der Waals surface area contributed by atoms with Gasteiger partial charge in [0.05, 0.1) is 6.20 Å². The number of H-pyrrole nitrogens is 1. The highest BCUT2D eigenvalue weighted by molar-refractivity contribution is 7.89. The van der Waals surface area contributed by atoms with E-state index in [2.05, 4.69) is 10.2 Å². The van der Waals surface area contributed by atoms with Gasteiger partial charge in [-0.25, -0.2) is 8.42 Å². The van der Waals surface area contributed by atoms with E-state index in [1.54, 1.807) is 4.31 Å². The molecule has 2 rings (SSSR count). The third kappa shape index (κ3) is 2.51. The maximum absolute atomic E-state index is 12.4. The summed E-state index contributed by atoms with van der Waals surface area (Å²) in [6.45, 7) is 0.999. The number of aromatic amines is 1. The van der Waals surface area contributed by atoms with Crippen LogP contribution in [0.1, 0.15) is 25.7 Å². The van der Waals surface area contributed by atoms with Crippen molar-refractivity contribution in [3.05, 3.63) is 12.4 Å². The van der Waals surface area contributed by atoms with Gasteiger partial charge in [-0.2, -0.15) is 9.40 Å². The van der Waals surface area contributed by atoms with Crippen molar-refractivity contribution in [3.63, 3.8) is 0 Å². The molecular weight excluding hydrogens is 240 g/mol. The van der Waals surface area contributed by atoms with Crippen LogP contribution in [0, 0.1) is 0 Å². The van der Waals surface area contributed by atoms with Crippen LogP contribution in [0.4, 0.5) is 0 Å². The molecule has 1 aliphatic carbocycles. The average Bonchev–Trinajstić information content (AvgIpc) is 2.74. The van der Waals surface area contributed by atoms with Crippen molar-refractivity contribution in [1.82, 2.24) is 14.5 Å². The predicted octanol–water partition coefficient (Wildman–Crippen LogP) is 0.302. The first-order chi connectivity index (χ1) is 8.16. The van der Waals surface area contributed by atoms with Crippen molar-refractivity contribution in [3.8, 4) is 0 Å². The fourth-order valence-corrected chi connectivity index (χ4v) is 3.57. The highest BCUT2D eigenvalue weighted by atomic mass is 32.2. The highest BCUT2D eigenvalue weighted by Gasteiger charge is 2.34. The van der Waals surface area contributed by atoms with Gasteiger partial charge >= 0.3 is 0 Å². The molecule has 0 saturated heterocycles. The molecule has 0 bridgehead atoms. The number of sulfonamides is 1. The van der Waals surface area contributed by atoms with Crippen LogP contribution in [0.5, 0.6) is 0 Å². The van der Waals surface area contributed by atoms with Crippen molar-refractivity contribution in [2.75, 3.05) is 13.1 Å². The van der Waals surface area contributed by atoms with E-state index in [-0.39, 0.29) is 10.9 Å². The van der Waals surface area contributed by atoms with Crippen molar-refractivity contribution in [2.24, 2.45) is 5.73 Å². The van der Waals surface area contributed by atoms with Crippen LogP contribution in [-0.2, 0) is 10.0 Å². The highest BCUT2D eigenvalue weighted by Crippen LogP contribution is 2.29. The molecule has 0 atom stereocenters. The molecule has 1 fully saturated rings. The van der Waals surface area contributed by atoms with E-state index in [4.69, 9.17) is 5.73 Å². The van der Waals surface area contributed by atoms with Crippen LogP contribution in [-0.4, -0.2) is 42.1 Å². The fourth-order valence-electron chi connectivity index (χ4n) is 1.94. The zero-order valence-corrected chi connectivity index (χ0v) is 10.5. The first-order valence-electron chi connectivity index (χ1n) is 5.87. The largest absolute Gasteiger partial charge is 0.330 e. The fraction of sp³-hybridized carbons (Fsp3) is 0.700. The summed E-state index contributed by atoms with van der Waals surface area (Å²) in [6, 6.07) is 0.140. The molecule has 0 aliphatic heterocycles. The maximum Gasteiger partial charge on any atom is 0.246 e. The Bertz CT molecular complexity index is 439. The lowest BCUT2D eigenvalue weighted by molar-refractivity contribution is 0.218. The summed E-state index contributed by atoms with van der Waals surface area (Å²) < 4.78 is 26.3. The van der Waals surface area contributed by atoms with Crippen molar-refractivity contribution < 1.29 is 8.42 Å².